The van der Waals surface area contributed by atoms with E-state index in [0.29, 0.717) is 25.2 Å². The van der Waals surface area contributed by atoms with Crippen LogP contribution >= 0.6 is 0 Å². The summed E-state index contributed by atoms with van der Waals surface area (Å²) in [6, 6.07) is 7.01. The highest BCUT2D eigenvalue weighted by Gasteiger charge is 2.02. The molecule has 0 saturated heterocycles. The summed E-state index contributed by atoms with van der Waals surface area (Å²) in [5.41, 5.74) is 1.55. The van der Waals surface area contributed by atoms with Gasteiger partial charge in [0, 0.05) is 22.3 Å². The Morgan fingerprint density at radius 2 is 2.10 bits per heavy atom. The Bertz CT molecular complexity index is 798. The first-order valence-corrected chi connectivity index (χ1v) is 7.38. The van der Waals surface area contributed by atoms with Crippen LogP contribution in [0.2, 0.25) is 0 Å². The minimum absolute atomic E-state index is 0.121. The van der Waals surface area contributed by atoms with Gasteiger partial charge < -0.3 is 9.72 Å². The molecule has 1 N–H and O–H groups in total. The van der Waals surface area contributed by atoms with E-state index in [1.165, 1.54) is 5.37 Å². The number of aromatic nitrogens is 1. The predicted molar refractivity (Wildman–Crippen MR) is 79.0 cm³/mol. The van der Waals surface area contributed by atoms with E-state index < -0.39 is 10.3 Å². The second kappa shape index (κ2) is 6.38. The van der Waals surface area contributed by atoms with Crippen molar-refractivity contribution < 1.29 is 13.2 Å². The van der Waals surface area contributed by atoms with E-state index >= 15 is 0 Å². The van der Waals surface area contributed by atoms with E-state index in [2.05, 4.69) is 4.98 Å². The summed E-state index contributed by atoms with van der Waals surface area (Å²) < 4.78 is 26.2. The fraction of sp³-hybridized carbons (Fsp3) is 0.286. The van der Waals surface area contributed by atoms with Crippen LogP contribution in [0.25, 0.3) is 10.9 Å². The third kappa shape index (κ3) is 3.71. The minimum Gasteiger partial charge on any atom is -0.494 e. The zero-order chi connectivity index (χ0) is 14.5. The molecule has 0 saturated carbocycles. The van der Waals surface area contributed by atoms with Crippen molar-refractivity contribution in [2.24, 2.45) is 0 Å². The summed E-state index contributed by atoms with van der Waals surface area (Å²) in [6.07, 6.45) is 1.10. The van der Waals surface area contributed by atoms with Crippen LogP contribution in [-0.4, -0.2) is 25.4 Å². The zero-order valence-electron chi connectivity index (χ0n) is 11.0. The zero-order valence-corrected chi connectivity index (χ0v) is 11.9. The summed E-state index contributed by atoms with van der Waals surface area (Å²) in [6.45, 7) is 2.32. The number of pyridine rings is 1. The molecule has 0 amide bonds. The van der Waals surface area contributed by atoms with E-state index in [0.717, 1.165) is 16.5 Å². The van der Waals surface area contributed by atoms with Crippen LogP contribution in [0, 0.1) is 6.92 Å². The maximum absolute atomic E-state index is 11.3. The van der Waals surface area contributed by atoms with Crippen molar-refractivity contribution in [1.82, 2.24) is 4.98 Å². The molecular weight excluding hydrogens is 278 g/mol. The molecule has 5 nitrogen and oxygen atoms in total. The SMILES string of the molecule is Cc1cc(=O)[nH]c2ccc(OCCCC=S(=O)=O)cc12. The molecule has 0 atom stereocenters. The van der Waals surface area contributed by atoms with Gasteiger partial charge in [-0.1, -0.05) is 0 Å². The van der Waals surface area contributed by atoms with Gasteiger partial charge in [-0.25, -0.2) is 0 Å². The summed E-state index contributed by atoms with van der Waals surface area (Å²) in [5, 5.41) is 2.16. The third-order valence-electron chi connectivity index (χ3n) is 2.89. The first kappa shape index (κ1) is 14.3. The molecule has 106 valence electrons. The molecule has 0 bridgehead atoms. The molecule has 1 heterocycles. The number of aromatic amines is 1. The van der Waals surface area contributed by atoms with Crippen molar-refractivity contribution in [3.63, 3.8) is 0 Å². The number of unbranched alkanes of at least 4 members (excludes halogenated alkanes) is 1. The van der Waals surface area contributed by atoms with Crippen molar-refractivity contribution in [3.8, 4) is 5.75 Å². The Hall–Kier alpha value is -2.08. The molecule has 0 aliphatic carbocycles. The van der Waals surface area contributed by atoms with Crippen molar-refractivity contribution in [3.05, 3.63) is 40.2 Å². The van der Waals surface area contributed by atoms with E-state index in [9.17, 15) is 13.2 Å². The van der Waals surface area contributed by atoms with Crippen LogP contribution in [-0.2, 0) is 10.3 Å². The summed E-state index contributed by atoms with van der Waals surface area (Å²) in [5.74, 6) is 0.705. The summed E-state index contributed by atoms with van der Waals surface area (Å²) >= 11 is 0. The van der Waals surface area contributed by atoms with Crippen molar-refractivity contribution >= 4 is 26.6 Å². The van der Waals surface area contributed by atoms with Crippen LogP contribution in [0.5, 0.6) is 5.75 Å². The number of nitrogens with one attached hydrogen (secondary N) is 1. The first-order valence-electron chi connectivity index (χ1n) is 6.24. The highest BCUT2D eigenvalue weighted by Crippen LogP contribution is 2.21. The summed E-state index contributed by atoms with van der Waals surface area (Å²) in [4.78, 5) is 14.1. The lowest BCUT2D eigenvalue weighted by atomic mass is 10.1. The Balaban J connectivity index is 2.08. The molecule has 1 aromatic heterocycles. The van der Waals surface area contributed by atoms with Gasteiger partial charge in [0.05, 0.1) is 6.61 Å². The molecule has 0 aliphatic heterocycles. The second-order valence-corrected chi connectivity index (χ2v) is 5.30. The van der Waals surface area contributed by atoms with Crippen molar-refractivity contribution in [2.45, 2.75) is 19.8 Å². The molecule has 0 fully saturated rings. The highest BCUT2D eigenvalue weighted by atomic mass is 32.2. The molecule has 0 radical (unpaired) electrons. The molecule has 2 aromatic rings. The first-order chi connectivity index (χ1) is 9.56. The predicted octanol–water partition coefficient (Wildman–Crippen LogP) is 1.68. The largest absolute Gasteiger partial charge is 0.494 e. The molecule has 1 aromatic carbocycles. The van der Waals surface area contributed by atoms with Gasteiger partial charge in [-0.05, 0) is 43.5 Å². The van der Waals surface area contributed by atoms with Gasteiger partial charge in [-0.3, -0.25) is 4.79 Å². The minimum atomic E-state index is -2.10. The van der Waals surface area contributed by atoms with E-state index in [-0.39, 0.29) is 5.56 Å². The third-order valence-corrected chi connectivity index (χ3v) is 3.40. The van der Waals surface area contributed by atoms with Gasteiger partial charge in [0.1, 0.15) is 5.75 Å². The maximum Gasteiger partial charge on any atom is 0.248 e. The van der Waals surface area contributed by atoms with Crippen molar-refractivity contribution in [2.75, 3.05) is 6.61 Å². The van der Waals surface area contributed by atoms with Crippen LogP contribution in [0.3, 0.4) is 0 Å². The fourth-order valence-corrected chi connectivity index (χ4v) is 2.30. The average molecular weight is 293 g/mol. The molecule has 0 unspecified atom stereocenters. The van der Waals surface area contributed by atoms with Gasteiger partial charge in [-0.2, -0.15) is 8.42 Å². The monoisotopic (exact) mass is 293 g/mol. The van der Waals surface area contributed by atoms with Crippen LogP contribution in [0.4, 0.5) is 0 Å². The van der Waals surface area contributed by atoms with Gasteiger partial charge >= 0.3 is 0 Å². The number of hydrogen-bond acceptors (Lipinski definition) is 4. The average Bonchev–Trinajstić information content (AvgIpc) is 2.38. The lowest BCUT2D eigenvalue weighted by Crippen LogP contribution is -2.05. The lowest BCUT2D eigenvalue weighted by Gasteiger charge is -2.07. The highest BCUT2D eigenvalue weighted by molar-refractivity contribution is 7.71. The van der Waals surface area contributed by atoms with Gasteiger partial charge in [0.25, 0.3) is 0 Å². The molecule has 0 spiro atoms. The molecule has 2 rings (SSSR count). The van der Waals surface area contributed by atoms with Crippen LogP contribution in [0.15, 0.2) is 29.1 Å². The van der Waals surface area contributed by atoms with Crippen molar-refractivity contribution in [1.29, 1.82) is 0 Å². The fourth-order valence-electron chi connectivity index (χ4n) is 1.94. The van der Waals surface area contributed by atoms with E-state index in [4.69, 9.17) is 4.74 Å². The number of rotatable bonds is 5. The lowest BCUT2D eigenvalue weighted by molar-refractivity contribution is 0.314. The Labute approximate surface area is 117 Å². The van der Waals surface area contributed by atoms with Gasteiger partial charge in [-0.15, -0.1) is 0 Å². The Morgan fingerprint density at radius 1 is 1.30 bits per heavy atom. The van der Waals surface area contributed by atoms with E-state index in [1.807, 2.05) is 13.0 Å². The molecular formula is C14H15NO4S. The van der Waals surface area contributed by atoms with Crippen LogP contribution in [0.1, 0.15) is 18.4 Å². The van der Waals surface area contributed by atoms with E-state index in [1.54, 1.807) is 18.2 Å². The normalized spacial score (nSPS) is 10.4. The number of hydrogen-bond donors (Lipinski definition) is 1. The molecule has 0 aliphatic rings. The second-order valence-electron chi connectivity index (χ2n) is 4.44. The standard InChI is InChI=1S/C14H15NO4S/c1-10-8-14(16)15-13-5-4-11(9-12(10)13)19-6-2-3-7-20(17)18/h4-5,7-9H,2-3,6H2,1H3,(H,15,16). The topological polar surface area (TPSA) is 76.2 Å². The smallest absolute Gasteiger partial charge is 0.248 e. The number of H-pyrrole nitrogens is 1. The number of benzene rings is 1. The Kier molecular flexibility index (Phi) is 4.57. The number of aryl methyl sites for hydroxylation is 1. The summed E-state index contributed by atoms with van der Waals surface area (Å²) in [7, 11) is -2.10. The molecule has 20 heavy (non-hydrogen) atoms. The Morgan fingerprint density at radius 3 is 2.85 bits per heavy atom. The number of fused-ring (bicyclic) bond motifs is 1. The van der Waals surface area contributed by atoms with Gasteiger partial charge in [0.2, 0.25) is 15.9 Å². The van der Waals surface area contributed by atoms with Gasteiger partial charge in [0.15, 0.2) is 0 Å². The molecule has 6 heteroatoms. The quantitative estimate of drug-likeness (QED) is 0.672. The number of ether oxygens (including phenoxy) is 1. The van der Waals surface area contributed by atoms with Crippen LogP contribution < -0.4 is 10.3 Å². The maximum atomic E-state index is 11.3.